The van der Waals surface area contributed by atoms with Crippen molar-refractivity contribution < 1.29 is 0 Å². The monoisotopic (exact) mass is 207 g/mol. The zero-order valence-electron chi connectivity index (χ0n) is 7.06. The molecule has 0 saturated heterocycles. The molecular weight excluding hydrogens is 198 g/mol. The van der Waals surface area contributed by atoms with Gasteiger partial charge in [-0.15, -0.1) is 11.3 Å². The van der Waals surface area contributed by atoms with Gasteiger partial charge in [-0.1, -0.05) is 12.2 Å². The first-order chi connectivity index (χ1) is 6.36. The molecule has 0 bridgehead atoms. The third kappa shape index (κ3) is 1.15. The molecule has 0 radical (unpaired) electrons. The summed E-state index contributed by atoms with van der Waals surface area (Å²) in [5.41, 5.74) is 0. The average molecular weight is 207 g/mol. The molecule has 1 nitrogen and oxygen atoms in total. The van der Waals surface area contributed by atoms with Crippen LogP contribution in [-0.4, -0.2) is 4.57 Å². The second-order valence-electron chi connectivity index (χ2n) is 3.46. The predicted octanol–water partition coefficient (Wildman–Crippen LogP) is 3.77. The highest BCUT2D eigenvalue weighted by molar-refractivity contribution is 7.71. The zero-order chi connectivity index (χ0) is 8.84. The lowest BCUT2D eigenvalue weighted by Gasteiger charge is -2.03. The second-order valence-corrected chi connectivity index (χ2v) is 4.77. The number of fused-ring (bicyclic) bond motifs is 1. The lowest BCUT2D eigenvalue weighted by atomic mass is 10.3. The molecule has 3 rings (SSSR count). The Hall–Kier alpha value is -0.670. The van der Waals surface area contributed by atoms with E-state index in [1.54, 1.807) is 11.3 Å². The number of thiophene rings is 1. The summed E-state index contributed by atoms with van der Waals surface area (Å²) in [7, 11) is 0. The molecule has 0 aromatic carbocycles. The Balaban J connectivity index is 2.37. The topological polar surface area (TPSA) is 4.93 Å². The highest BCUT2D eigenvalue weighted by Gasteiger charge is 2.23. The van der Waals surface area contributed by atoms with Gasteiger partial charge in [-0.25, -0.2) is 0 Å². The Bertz CT molecular complexity index is 505. The maximum Gasteiger partial charge on any atom is 0.124 e. The average Bonchev–Trinajstić information content (AvgIpc) is 2.83. The van der Waals surface area contributed by atoms with Crippen molar-refractivity contribution in [1.82, 2.24) is 4.57 Å². The fourth-order valence-electron chi connectivity index (χ4n) is 1.61. The molecule has 13 heavy (non-hydrogen) atoms. The van der Waals surface area contributed by atoms with Gasteiger partial charge in [0.1, 0.15) is 4.64 Å². The third-order valence-corrected chi connectivity index (χ3v) is 3.96. The van der Waals surface area contributed by atoms with E-state index in [0.717, 1.165) is 4.64 Å². The molecule has 1 aliphatic carbocycles. The Morgan fingerprint density at radius 1 is 1.38 bits per heavy atom. The van der Waals surface area contributed by atoms with Crippen LogP contribution in [0.3, 0.4) is 0 Å². The number of rotatable bonds is 1. The Morgan fingerprint density at radius 2 is 2.23 bits per heavy atom. The van der Waals surface area contributed by atoms with E-state index in [0.29, 0.717) is 6.04 Å². The number of aromatic nitrogens is 1. The minimum Gasteiger partial charge on any atom is -0.335 e. The summed E-state index contributed by atoms with van der Waals surface area (Å²) < 4.78 is 4.54. The fourth-order valence-corrected chi connectivity index (χ4v) is 2.91. The Morgan fingerprint density at radius 3 is 3.00 bits per heavy atom. The fraction of sp³-hybridized carbons (Fsp3) is 0.300. The van der Waals surface area contributed by atoms with Crippen molar-refractivity contribution in [2.75, 3.05) is 0 Å². The molecule has 2 aromatic rings. The van der Waals surface area contributed by atoms with Crippen molar-refractivity contribution in [3.8, 4) is 0 Å². The minimum atomic E-state index is 0.694. The SMILES string of the molecule is S=c1c2sccc2ccn1C1CC1. The first-order valence-electron chi connectivity index (χ1n) is 4.44. The maximum absolute atomic E-state index is 5.44. The molecule has 1 aliphatic rings. The van der Waals surface area contributed by atoms with Crippen molar-refractivity contribution in [3.05, 3.63) is 28.4 Å². The molecule has 1 saturated carbocycles. The summed E-state index contributed by atoms with van der Waals surface area (Å²) in [6.45, 7) is 0. The number of hydrogen-bond acceptors (Lipinski definition) is 2. The normalized spacial score (nSPS) is 16.6. The van der Waals surface area contributed by atoms with Crippen LogP contribution in [0.15, 0.2) is 23.7 Å². The largest absolute Gasteiger partial charge is 0.335 e. The molecule has 0 amide bonds. The van der Waals surface area contributed by atoms with Crippen molar-refractivity contribution in [3.63, 3.8) is 0 Å². The van der Waals surface area contributed by atoms with Crippen LogP contribution in [0.2, 0.25) is 0 Å². The van der Waals surface area contributed by atoms with Gasteiger partial charge in [0.25, 0.3) is 0 Å². The molecule has 0 aliphatic heterocycles. The van der Waals surface area contributed by atoms with E-state index in [9.17, 15) is 0 Å². The molecule has 0 spiro atoms. The van der Waals surface area contributed by atoms with Crippen LogP contribution in [0, 0.1) is 4.64 Å². The van der Waals surface area contributed by atoms with Gasteiger partial charge in [0.2, 0.25) is 0 Å². The van der Waals surface area contributed by atoms with E-state index in [4.69, 9.17) is 12.2 Å². The standard InChI is InChI=1S/C10H9NS2/c12-10-9-7(4-6-13-9)3-5-11(10)8-1-2-8/h3-6,8H,1-2H2. The molecular formula is C10H9NS2. The van der Waals surface area contributed by atoms with Crippen molar-refractivity contribution >= 4 is 33.6 Å². The summed E-state index contributed by atoms with van der Waals surface area (Å²) >= 11 is 7.19. The first kappa shape index (κ1) is 7.71. The van der Waals surface area contributed by atoms with E-state index < -0.39 is 0 Å². The number of nitrogens with zero attached hydrogens (tertiary/aromatic N) is 1. The van der Waals surface area contributed by atoms with Gasteiger partial charge in [0, 0.05) is 12.2 Å². The van der Waals surface area contributed by atoms with Crippen LogP contribution in [0.25, 0.3) is 10.1 Å². The predicted molar refractivity (Wildman–Crippen MR) is 58.9 cm³/mol. The minimum absolute atomic E-state index is 0.694. The van der Waals surface area contributed by atoms with Gasteiger partial charge >= 0.3 is 0 Å². The molecule has 0 atom stereocenters. The Labute approximate surface area is 85.6 Å². The quantitative estimate of drug-likeness (QED) is 0.644. The second kappa shape index (κ2) is 2.66. The van der Waals surface area contributed by atoms with Crippen LogP contribution >= 0.6 is 23.6 Å². The van der Waals surface area contributed by atoms with Gasteiger partial charge in [-0.05, 0) is 35.7 Å². The van der Waals surface area contributed by atoms with Crippen molar-refractivity contribution in [1.29, 1.82) is 0 Å². The van der Waals surface area contributed by atoms with Gasteiger partial charge in [0.15, 0.2) is 0 Å². The van der Waals surface area contributed by atoms with Gasteiger partial charge in [0.05, 0.1) is 4.70 Å². The third-order valence-electron chi connectivity index (χ3n) is 2.48. The zero-order valence-corrected chi connectivity index (χ0v) is 8.70. The van der Waals surface area contributed by atoms with Crippen molar-refractivity contribution in [2.24, 2.45) is 0 Å². The van der Waals surface area contributed by atoms with E-state index in [-0.39, 0.29) is 0 Å². The molecule has 1 fully saturated rings. The summed E-state index contributed by atoms with van der Waals surface area (Å²) in [6.07, 6.45) is 4.73. The van der Waals surface area contributed by atoms with Crippen LogP contribution in [0.1, 0.15) is 18.9 Å². The number of hydrogen-bond donors (Lipinski definition) is 0. The van der Waals surface area contributed by atoms with Crippen LogP contribution < -0.4 is 0 Å². The lowest BCUT2D eigenvalue weighted by Crippen LogP contribution is -1.94. The summed E-state index contributed by atoms with van der Waals surface area (Å²) in [5, 5.41) is 3.39. The van der Waals surface area contributed by atoms with Crippen LogP contribution in [0.5, 0.6) is 0 Å². The van der Waals surface area contributed by atoms with Gasteiger partial charge in [-0.3, -0.25) is 0 Å². The summed E-state index contributed by atoms with van der Waals surface area (Å²) in [6, 6.07) is 4.99. The highest BCUT2D eigenvalue weighted by Crippen LogP contribution is 2.36. The molecule has 0 N–H and O–H groups in total. The molecule has 2 heterocycles. The molecule has 0 unspecified atom stereocenters. The molecule has 3 heteroatoms. The lowest BCUT2D eigenvalue weighted by molar-refractivity contribution is 0.731. The Kier molecular flexibility index (Phi) is 1.58. The van der Waals surface area contributed by atoms with Gasteiger partial charge < -0.3 is 4.57 Å². The van der Waals surface area contributed by atoms with Crippen LogP contribution in [-0.2, 0) is 0 Å². The summed E-state index contributed by atoms with van der Waals surface area (Å²) in [5.74, 6) is 0. The smallest absolute Gasteiger partial charge is 0.124 e. The van der Waals surface area contributed by atoms with E-state index in [2.05, 4.69) is 28.3 Å². The maximum atomic E-state index is 5.44. The highest BCUT2D eigenvalue weighted by atomic mass is 32.1. The van der Waals surface area contributed by atoms with E-state index in [1.807, 2.05) is 0 Å². The number of pyridine rings is 1. The first-order valence-corrected chi connectivity index (χ1v) is 5.73. The van der Waals surface area contributed by atoms with E-state index >= 15 is 0 Å². The summed E-state index contributed by atoms with van der Waals surface area (Å²) in [4.78, 5) is 0. The van der Waals surface area contributed by atoms with Gasteiger partial charge in [-0.2, -0.15) is 0 Å². The van der Waals surface area contributed by atoms with Crippen LogP contribution in [0.4, 0.5) is 0 Å². The van der Waals surface area contributed by atoms with Crippen molar-refractivity contribution in [2.45, 2.75) is 18.9 Å². The van der Waals surface area contributed by atoms with E-state index in [1.165, 1.54) is 22.9 Å². The molecule has 2 aromatic heterocycles. The molecule has 66 valence electrons.